The van der Waals surface area contributed by atoms with Crippen LogP contribution in [-0.2, 0) is 0 Å². The monoisotopic (exact) mass is 503 g/mol. The lowest BCUT2D eigenvalue weighted by Crippen LogP contribution is -2.45. The molecule has 0 radical (unpaired) electrons. The van der Waals surface area contributed by atoms with E-state index in [1.165, 1.54) is 4.31 Å². The van der Waals surface area contributed by atoms with Gasteiger partial charge in [0.25, 0.3) is 0 Å². The second-order valence-electron chi connectivity index (χ2n) is 7.09. The molecule has 0 bridgehead atoms. The summed E-state index contributed by atoms with van der Waals surface area (Å²) in [4.78, 5) is 16.0. The Balaban J connectivity index is 1.41. The molecule has 0 atom stereocenters. The molecule has 0 spiro atoms. The molecule has 6 nitrogen and oxygen atoms in total. The van der Waals surface area contributed by atoms with Crippen molar-refractivity contribution in [1.29, 1.82) is 0 Å². The highest BCUT2D eigenvalue weighted by Gasteiger charge is 2.28. The quantitative estimate of drug-likeness (QED) is 0.365. The molecule has 0 saturated carbocycles. The number of rotatable bonds is 4. The van der Waals surface area contributed by atoms with Gasteiger partial charge in [0.1, 0.15) is 0 Å². The summed E-state index contributed by atoms with van der Waals surface area (Å²) in [5, 5.41) is 13.7. The molecule has 9 heteroatoms. The third kappa shape index (κ3) is 4.53. The van der Waals surface area contributed by atoms with Gasteiger partial charge in [0.05, 0.1) is 11.9 Å². The average molecular weight is 504 g/mol. The topological polar surface area (TPSA) is 61.4 Å². The van der Waals surface area contributed by atoms with Gasteiger partial charge in [0.2, 0.25) is 0 Å². The summed E-state index contributed by atoms with van der Waals surface area (Å²) in [7, 11) is 0. The van der Waals surface area contributed by atoms with E-state index in [0.717, 1.165) is 57.6 Å². The van der Waals surface area contributed by atoms with E-state index >= 15 is 0 Å². The zero-order valence-electron chi connectivity index (χ0n) is 16.5. The number of anilines is 2. The highest BCUT2D eigenvalue weighted by atomic mass is 79.9. The first-order valence-corrected chi connectivity index (χ1v) is 12.1. The van der Waals surface area contributed by atoms with Gasteiger partial charge in [-0.05, 0) is 49.4 Å². The molecule has 1 fully saturated rings. The molecule has 1 aliphatic heterocycles. The molecular formula is C21H22BrN5OS2. The zero-order valence-corrected chi connectivity index (χ0v) is 19.8. The Morgan fingerprint density at radius 1 is 1.27 bits per heavy atom. The van der Waals surface area contributed by atoms with Gasteiger partial charge in [0, 0.05) is 39.3 Å². The number of thiol groups is 1. The molecule has 1 saturated heterocycles. The van der Waals surface area contributed by atoms with E-state index in [0.29, 0.717) is 0 Å². The molecule has 30 heavy (non-hydrogen) atoms. The number of benzene rings is 2. The van der Waals surface area contributed by atoms with Gasteiger partial charge in [-0.1, -0.05) is 40.9 Å². The van der Waals surface area contributed by atoms with Gasteiger partial charge in [-0.2, -0.15) is 5.10 Å². The van der Waals surface area contributed by atoms with E-state index in [1.54, 1.807) is 18.0 Å². The fourth-order valence-electron chi connectivity index (χ4n) is 3.69. The number of hydrogen-bond acceptors (Lipinski definition) is 6. The van der Waals surface area contributed by atoms with Gasteiger partial charge in [0.15, 0.2) is 5.82 Å². The van der Waals surface area contributed by atoms with Gasteiger partial charge < -0.3 is 10.2 Å². The lowest BCUT2D eigenvalue weighted by molar-refractivity contribution is 0.223. The van der Waals surface area contributed by atoms with Crippen molar-refractivity contribution in [3.05, 3.63) is 53.1 Å². The molecule has 4 rings (SSSR count). The van der Waals surface area contributed by atoms with Crippen molar-refractivity contribution in [1.82, 2.24) is 14.5 Å². The SMILES string of the molecule is CSc1ccccc1NC(=O)N(S)C1CCN(c2nncc3cc(Br)ccc23)CC1. The number of nitrogens with zero attached hydrogens (tertiary/aromatic N) is 4. The number of para-hydroxylation sites is 1. The van der Waals surface area contributed by atoms with Crippen LogP contribution in [0.4, 0.5) is 16.3 Å². The minimum absolute atomic E-state index is 0.0584. The standard InChI is InChI=1S/C21H22BrN5OS2/c1-30-19-5-3-2-4-18(19)24-21(28)27(29)16-8-10-26(11-9-16)20-17-7-6-15(22)12-14(17)13-23-25-20/h2-7,12-13,16,29H,8-11H2,1H3,(H,24,28). The van der Waals surface area contributed by atoms with E-state index in [9.17, 15) is 4.79 Å². The molecular weight excluding hydrogens is 482 g/mol. The summed E-state index contributed by atoms with van der Waals surface area (Å²) in [5.41, 5.74) is 0.809. The molecule has 1 aliphatic rings. The number of carbonyl (C=O) groups is 1. The van der Waals surface area contributed by atoms with Crippen LogP contribution in [0.25, 0.3) is 10.8 Å². The van der Waals surface area contributed by atoms with E-state index in [4.69, 9.17) is 0 Å². The number of carbonyl (C=O) groups excluding carboxylic acids is 1. The summed E-state index contributed by atoms with van der Waals surface area (Å²) in [6.45, 7) is 1.58. The van der Waals surface area contributed by atoms with Crippen molar-refractivity contribution in [2.45, 2.75) is 23.8 Å². The second kappa shape index (κ2) is 9.45. The van der Waals surface area contributed by atoms with Gasteiger partial charge >= 0.3 is 6.03 Å². The molecule has 156 valence electrons. The molecule has 2 aromatic carbocycles. The summed E-state index contributed by atoms with van der Waals surface area (Å²) >= 11 is 9.62. The number of halogens is 1. The summed E-state index contributed by atoms with van der Waals surface area (Å²) in [6.07, 6.45) is 5.40. The van der Waals surface area contributed by atoms with Crippen molar-refractivity contribution < 1.29 is 4.79 Å². The van der Waals surface area contributed by atoms with Crippen LogP contribution in [-0.4, -0.2) is 45.9 Å². The third-order valence-corrected chi connectivity index (χ3v) is 7.07. The van der Waals surface area contributed by atoms with Crippen LogP contribution in [0.3, 0.4) is 0 Å². The third-order valence-electron chi connectivity index (χ3n) is 5.27. The lowest BCUT2D eigenvalue weighted by atomic mass is 10.0. The number of thioether (sulfide) groups is 1. The van der Waals surface area contributed by atoms with Crippen molar-refractivity contribution in [2.75, 3.05) is 29.6 Å². The maximum absolute atomic E-state index is 12.7. The number of hydrogen-bond donors (Lipinski definition) is 2. The zero-order chi connectivity index (χ0) is 21.1. The first-order valence-electron chi connectivity index (χ1n) is 9.65. The Morgan fingerprint density at radius 2 is 2.03 bits per heavy atom. The van der Waals surface area contributed by atoms with Crippen molar-refractivity contribution >= 4 is 68.8 Å². The Labute approximate surface area is 194 Å². The van der Waals surface area contributed by atoms with Gasteiger partial charge in [-0.3, -0.25) is 4.31 Å². The fourth-order valence-corrected chi connectivity index (χ4v) is 4.90. The smallest absolute Gasteiger partial charge is 0.331 e. The van der Waals surface area contributed by atoms with Crippen LogP contribution in [0, 0.1) is 0 Å². The highest BCUT2D eigenvalue weighted by molar-refractivity contribution is 9.10. The number of urea groups is 1. The normalized spacial score (nSPS) is 14.7. The molecule has 1 aromatic heterocycles. The Morgan fingerprint density at radius 3 is 2.80 bits per heavy atom. The van der Waals surface area contributed by atoms with Crippen molar-refractivity contribution in [2.24, 2.45) is 0 Å². The number of nitrogens with one attached hydrogen (secondary N) is 1. The van der Waals surface area contributed by atoms with E-state index in [1.807, 2.05) is 42.7 Å². The predicted octanol–water partition coefficient (Wildman–Crippen LogP) is 5.46. The maximum Gasteiger partial charge on any atom is 0.331 e. The molecule has 1 N–H and O–H groups in total. The van der Waals surface area contributed by atoms with E-state index in [2.05, 4.69) is 55.2 Å². The van der Waals surface area contributed by atoms with Gasteiger partial charge in [-0.15, -0.1) is 16.9 Å². The number of amides is 2. The molecule has 3 aromatic rings. The predicted molar refractivity (Wildman–Crippen MR) is 131 cm³/mol. The van der Waals surface area contributed by atoms with Crippen LogP contribution in [0.1, 0.15) is 12.8 Å². The van der Waals surface area contributed by atoms with Crippen LogP contribution >= 0.6 is 40.5 Å². The number of piperidine rings is 1. The van der Waals surface area contributed by atoms with Gasteiger partial charge in [-0.25, -0.2) is 4.79 Å². The molecule has 0 unspecified atom stereocenters. The van der Waals surface area contributed by atoms with Crippen LogP contribution in [0.5, 0.6) is 0 Å². The first-order chi connectivity index (χ1) is 14.6. The molecule has 0 aliphatic carbocycles. The molecule has 2 heterocycles. The van der Waals surface area contributed by atoms with E-state index < -0.39 is 0 Å². The highest BCUT2D eigenvalue weighted by Crippen LogP contribution is 2.30. The molecule has 2 amide bonds. The summed E-state index contributed by atoms with van der Waals surface area (Å²) < 4.78 is 2.55. The minimum Gasteiger partial charge on any atom is -0.354 e. The Hall–Kier alpha value is -1.97. The second-order valence-corrected chi connectivity index (χ2v) is 9.29. The Kier molecular flexibility index (Phi) is 6.70. The van der Waals surface area contributed by atoms with Crippen LogP contribution in [0.15, 0.2) is 58.0 Å². The minimum atomic E-state index is -0.201. The van der Waals surface area contributed by atoms with Crippen molar-refractivity contribution in [3.8, 4) is 0 Å². The van der Waals surface area contributed by atoms with E-state index in [-0.39, 0.29) is 12.1 Å². The number of aromatic nitrogens is 2. The Bertz CT molecular complexity index is 1060. The van der Waals surface area contributed by atoms with Crippen molar-refractivity contribution in [3.63, 3.8) is 0 Å². The summed E-state index contributed by atoms with van der Waals surface area (Å²) in [6, 6.07) is 13.8. The van der Waals surface area contributed by atoms with Crippen LogP contribution in [0.2, 0.25) is 0 Å². The number of fused-ring (bicyclic) bond motifs is 1. The van der Waals surface area contributed by atoms with Crippen LogP contribution < -0.4 is 10.2 Å². The fraction of sp³-hybridized carbons (Fsp3) is 0.286. The largest absolute Gasteiger partial charge is 0.354 e. The first kappa shape index (κ1) is 21.3. The lowest BCUT2D eigenvalue weighted by Gasteiger charge is -2.36. The maximum atomic E-state index is 12.7. The average Bonchev–Trinajstić information content (AvgIpc) is 2.78. The summed E-state index contributed by atoms with van der Waals surface area (Å²) in [5.74, 6) is 0.891.